The standard InChI is InChI=1S/C12H22NO2/c1-5-8-11-15-12(14)13(4,9-6-2)10-7-3/h6-7H,2-3,5,8-11H2,1,4H3/q+1. The highest BCUT2D eigenvalue weighted by Gasteiger charge is 2.30. The third-order valence-corrected chi connectivity index (χ3v) is 2.23. The third-order valence-electron chi connectivity index (χ3n) is 2.23. The lowest BCUT2D eigenvalue weighted by Crippen LogP contribution is -2.49. The van der Waals surface area contributed by atoms with Crippen molar-refractivity contribution in [1.29, 1.82) is 0 Å². The van der Waals surface area contributed by atoms with Gasteiger partial charge in [0.15, 0.2) is 0 Å². The first-order chi connectivity index (χ1) is 7.10. The SMILES string of the molecule is C=CC[N+](C)(CC=C)C(=O)OCCCC. The summed E-state index contributed by atoms with van der Waals surface area (Å²) < 4.78 is 5.38. The average Bonchev–Trinajstić information content (AvgIpc) is 2.18. The van der Waals surface area contributed by atoms with Crippen molar-refractivity contribution in [3.8, 4) is 0 Å². The minimum atomic E-state index is -0.205. The summed E-state index contributed by atoms with van der Waals surface area (Å²) in [7, 11) is 1.83. The largest absolute Gasteiger partial charge is 0.516 e. The fraction of sp³-hybridized carbons (Fsp3) is 0.583. The van der Waals surface area contributed by atoms with E-state index in [9.17, 15) is 4.79 Å². The summed E-state index contributed by atoms with van der Waals surface area (Å²) in [6.45, 7) is 11.0. The van der Waals surface area contributed by atoms with Crippen molar-refractivity contribution < 1.29 is 14.0 Å². The van der Waals surface area contributed by atoms with Gasteiger partial charge in [-0.15, -0.1) is 0 Å². The quantitative estimate of drug-likeness (QED) is 0.368. The Morgan fingerprint density at radius 2 is 1.87 bits per heavy atom. The van der Waals surface area contributed by atoms with E-state index in [1.807, 2.05) is 7.05 Å². The first-order valence-corrected chi connectivity index (χ1v) is 5.34. The van der Waals surface area contributed by atoms with E-state index < -0.39 is 0 Å². The molecule has 0 spiro atoms. The number of amides is 1. The van der Waals surface area contributed by atoms with Gasteiger partial charge in [-0.2, -0.15) is 4.79 Å². The Hall–Kier alpha value is -1.09. The fourth-order valence-corrected chi connectivity index (χ4v) is 1.25. The molecule has 0 aliphatic carbocycles. The van der Waals surface area contributed by atoms with Gasteiger partial charge in [-0.25, -0.2) is 4.48 Å². The average molecular weight is 212 g/mol. The fourth-order valence-electron chi connectivity index (χ4n) is 1.25. The van der Waals surface area contributed by atoms with E-state index >= 15 is 0 Å². The summed E-state index contributed by atoms with van der Waals surface area (Å²) in [6, 6.07) is 0. The predicted molar refractivity (Wildman–Crippen MR) is 62.6 cm³/mol. The molecule has 0 heterocycles. The zero-order chi connectivity index (χ0) is 11.7. The third kappa shape index (κ3) is 4.79. The number of ether oxygens (including phenoxy) is 1. The maximum absolute atomic E-state index is 11.8. The van der Waals surface area contributed by atoms with E-state index in [0.29, 0.717) is 19.7 Å². The van der Waals surface area contributed by atoms with Crippen molar-refractivity contribution in [2.24, 2.45) is 0 Å². The number of unbranched alkanes of at least 4 members (excludes halogenated alkanes) is 1. The van der Waals surface area contributed by atoms with E-state index in [1.54, 1.807) is 12.2 Å². The molecule has 0 saturated carbocycles. The molecule has 0 aromatic rings. The number of quaternary nitrogens is 1. The Labute approximate surface area is 92.6 Å². The highest BCUT2D eigenvalue weighted by Crippen LogP contribution is 2.07. The van der Waals surface area contributed by atoms with Crippen LogP contribution in [-0.2, 0) is 4.74 Å². The number of rotatable bonds is 7. The molecule has 3 nitrogen and oxygen atoms in total. The van der Waals surface area contributed by atoms with Crippen molar-refractivity contribution in [3.05, 3.63) is 25.3 Å². The Bertz CT molecular complexity index is 214. The van der Waals surface area contributed by atoms with Crippen molar-refractivity contribution in [2.75, 3.05) is 26.7 Å². The molecule has 0 atom stereocenters. The van der Waals surface area contributed by atoms with Gasteiger partial charge in [0.25, 0.3) is 0 Å². The summed E-state index contributed by atoms with van der Waals surface area (Å²) >= 11 is 0. The number of nitrogens with zero attached hydrogens (tertiary/aromatic N) is 1. The number of hydrogen-bond donors (Lipinski definition) is 0. The van der Waals surface area contributed by atoms with E-state index in [4.69, 9.17) is 4.74 Å². The highest BCUT2D eigenvalue weighted by molar-refractivity contribution is 5.59. The lowest BCUT2D eigenvalue weighted by atomic mass is 10.3. The summed E-state index contributed by atoms with van der Waals surface area (Å²) in [5.74, 6) is 0. The topological polar surface area (TPSA) is 26.3 Å². The second kappa shape index (κ2) is 7.23. The molecule has 1 amide bonds. The van der Waals surface area contributed by atoms with Crippen molar-refractivity contribution in [3.63, 3.8) is 0 Å². The predicted octanol–water partition coefficient (Wildman–Crippen LogP) is 2.74. The van der Waals surface area contributed by atoms with Gasteiger partial charge in [-0.3, -0.25) is 0 Å². The van der Waals surface area contributed by atoms with Crippen LogP contribution in [0.2, 0.25) is 0 Å². The number of likely N-dealkylation sites (N-methyl/N-ethyl adjacent to an activating group) is 1. The molecule has 0 fully saturated rings. The molecule has 0 rings (SSSR count). The van der Waals surface area contributed by atoms with Gasteiger partial charge in [0.05, 0.1) is 13.7 Å². The van der Waals surface area contributed by atoms with Crippen LogP contribution in [0.25, 0.3) is 0 Å². The monoisotopic (exact) mass is 212 g/mol. The Kier molecular flexibility index (Phi) is 6.71. The molecule has 0 aliphatic rings. The van der Waals surface area contributed by atoms with Crippen molar-refractivity contribution in [2.45, 2.75) is 19.8 Å². The van der Waals surface area contributed by atoms with Crippen LogP contribution in [-0.4, -0.2) is 37.3 Å². The van der Waals surface area contributed by atoms with Gasteiger partial charge in [-0.1, -0.05) is 26.5 Å². The van der Waals surface area contributed by atoms with Crippen LogP contribution in [0, 0.1) is 0 Å². The Morgan fingerprint density at radius 3 is 2.27 bits per heavy atom. The smallest absolute Gasteiger partial charge is 0.420 e. The Balaban J connectivity index is 4.27. The summed E-state index contributed by atoms with van der Waals surface area (Å²) in [5, 5.41) is 0. The van der Waals surface area contributed by atoms with E-state index in [-0.39, 0.29) is 10.6 Å². The minimum Gasteiger partial charge on any atom is -0.420 e. The maximum atomic E-state index is 11.8. The normalized spacial score (nSPS) is 10.8. The zero-order valence-corrected chi connectivity index (χ0v) is 9.87. The molecule has 0 unspecified atom stereocenters. The van der Waals surface area contributed by atoms with Crippen LogP contribution in [0.4, 0.5) is 4.79 Å². The van der Waals surface area contributed by atoms with Gasteiger partial charge in [0.2, 0.25) is 0 Å². The first kappa shape index (κ1) is 13.9. The van der Waals surface area contributed by atoms with Crippen LogP contribution in [0.3, 0.4) is 0 Å². The summed E-state index contributed by atoms with van der Waals surface area (Å²) in [6.07, 6.45) is 5.19. The highest BCUT2D eigenvalue weighted by atomic mass is 16.6. The first-order valence-electron chi connectivity index (χ1n) is 5.34. The lowest BCUT2D eigenvalue weighted by Gasteiger charge is -2.27. The van der Waals surface area contributed by atoms with Gasteiger partial charge >= 0.3 is 6.09 Å². The molecule has 0 aliphatic heterocycles. The number of carbonyl (C=O) groups excluding carboxylic acids is 1. The second-order valence-corrected chi connectivity index (χ2v) is 3.81. The summed E-state index contributed by atoms with van der Waals surface area (Å²) in [5.41, 5.74) is 0. The molecule has 0 aromatic carbocycles. The Morgan fingerprint density at radius 1 is 1.33 bits per heavy atom. The number of hydrogen-bond acceptors (Lipinski definition) is 2. The molecular formula is C12H22NO2+. The molecule has 15 heavy (non-hydrogen) atoms. The molecule has 3 heteroatoms. The van der Waals surface area contributed by atoms with Crippen LogP contribution < -0.4 is 0 Å². The molecular weight excluding hydrogens is 190 g/mol. The number of carbonyl (C=O) groups is 1. The minimum absolute atomic E-state index is 0.191. The summed E-state index contributed by atoms with van der Waals surface area (Å²) in [4.78, 5) is 11.8. The molecule has 0 bridgehead atoms. The van der Waals surface area contributed by atoms with Crippen LogP contribution >= 0.6 is 0 Å². The lowest BCUT2D eigenvalue weighted by molar-refractivity contribution is -0.825. The van der Waals surface area contributed by atoms with E-state index in [1.165, 1.54) is 0 Å². The molecule has 86 valence electrons. The second-order valence-electron chi connectivity index (χ2n) is 3.81. The van der Waals surface area contributed by atoms with Crippen LogP contribution in [0.5, 0.6) is 0 Å². The zero-order valence-electron chi connectivity index (χ0n) is 9.87. The van der Waals surface area contributed by atoms with Crippen molar-refractivity contribution in [1.82, 2.24) is 0 Å². The van der Waals surface area contributed by atoms with Gasteiger partial charge < -0.3 is 4.74 Å². The van der Waals surface area contributed by atoms with Gasteiger partial charge in [0, 0.05) is 0 Å². The van der Waals surface area contributed by atoms with E-state index in [2.05, 4.69) is 20.1 Å². The van der Waals surface area contributed by atoms with Gasteiger partial charge in [-0.05, 0) is 18.6 Å². The van der Waals surface area contributed by atoms with Crippen LogP contribution in [0.1, 0.15) is 19.8 Å². The molecule has 0 saturated heterocycles. The molecule has 0 aromatic heterocycles. The molecule has 0 radical (unpaired) electrons. The van der Waals surface area contributed by atoms with Crippen molar-refractivity contribution >= 4 is 6.09 Å². The van der Waals surface area contributed by atoms with Crippen LogP contribution in [0.15, 0.2) is 25.3 Å². The maximum Gasteiger partial charge on any atom is 0.516 e. The van der Waals surface area contributed by atoms with E-state index in [0.717, 1.165) is 12.8 Å². The molecule has 0 N–H and O–H groups in total. The van der Waals surface area contributed by atoms with Gasteiger partial charge in [0.1, 0.15) is 13.1 Å².